The molecular formula is C21H25NO4. The van der Waals surface area contributed by atoms with Crippen LogP contribution in [0.1, 0.15) is 42.0 Å². The summed E-state index contributed by atoms with van der Waals surface area (Å²) in [5, 5.41) is 12.0. The molecule has 1 atom stereocenters. The Hall–Kier alpha value is -2.66. The summed E-state index contributed by atoms with van der Waals surface area (Å²) in [6, 6.07) is 16.8. The molecule has 0 aliphatic carbocycles. The van der Waals surface area contributed by atoms with Crippen molar-refractivity contribution < 1.29 is 19.4 Å². The largest absolute Gasteiger partial charge is 0.481 e. The molecule has 2 rings (SSSR count). The molecule has 2 N–H and O–H groups in total. The number of carbonyl (C=O) groups is 2. The molecule has 0 spiro atoms. The summed E-state index contributed by atoms with van der Waals surface area (Å²) >= 11 is 0. The first-order valence-electron chi connectivity index (χ1n) is 8.74. The number of carboxylic acid groups (broad SMARTS) is 1. The Morgan fingerprint density at radius 2 is 1.77 bits per heavy atom. The highest BCUT2D eigenvalue weighted by Crippen LogP contribution is 2.21. The first-order chi connectivity index (χ1) is 12.6. The lowest BCUT2D eigenvalue weighted by molar-refractivity contribution is -0.137. The zero-order valence-corrected chi connectivity index (χ0v) is 15.0. The number of carbonyl (C=O) groups excluding carboxylic acids is 1. The van der Waals surface area contributed by atoms with E-state index in [1.165, 1.54) is 0 Å². The molecule has 0 aliphatic heterocycles. The number of benzene rings is 2. The van der Waals surface area contributed by atoms with E-state index in [4.69, 9.17) is 9.84 Å². The van der Waals surface area contributed by atoms with Gasteiger partial charge in [0.1, 0.15) is 0 Å². The van der Waals surface area contributed by atoms with Crippen molar-refractivity contribution in [2.45, 2.75) is 38.8 Å². The second kappa shape index (κ2) is 10.4. The van der Waals surface area contributed by atoms with Crippen LogP contribution in [0.2, 0.25) is 0 Å². The van der Waals surface area contributed by atoms with Gasteiger partial charge in [0.25, 0.3) is 0 Å². The molecule has 26 heavy (non-hydrogen) atoms. The van der Waals surface area contributed by atoms with Crippen LogP contribution in [0.25, 0.3) is 0 Å². The lowest BCUT2D eigenvalue weighted by Crippen LogP contribution is -2.30. The number of nitrogens with one attached hydrogen (secondary N) is 1. The van der Waals surface area contributed by atoms with Crippen LogP contribution in [0.4, 0.5) is 0 Å². The number of hydrogen-bond acceptors (Lipinski definition) is 3. The van der Waals surface area contributed by atoms with Crippen LogP contribution >= 0.6 is 0 Å². The molecule has 0 heterocycles. The average Bonchev–Trinajstić information content (AvgIpc) is 2.62. The lowest BCUT2D eigenvalue weighted by atomic mass is 9.98. The highest BCUT2D eigenvalue weighted by molar-refractivity contribution is 5.77. The molecule has 5 nitrogen and oxygen atoms in total. The van der Waals surface area contributed by atoms with Crippen molar-refractivity contribution >= 4 is 11.9 Å². The van der Waals surface area contributed by atoms with Crippen molar-refractivity contribution in [1.29, 1.82) is 0 Å². The van der Waals surface area contributed by atoms with Crippen LogP contribution < -0.4 is 5.32 Å². The van der Waals surface area contributed by atoms with Crippen LogP contribution in [0.15, 0.2) is 54.6 Å². The van der Waals surface area contributed by atoms with E-state index in [1.54, 1.807) is 0 Å². The SMILES string of the molecule is Cc1ccccc1C(CC(=O)O)NC(=O)CCCOCc1ccccc1. The second-order valence-electron chi connectivity index (χ2n) is 6.22. The first kappa shape index (κ1) is 19.7. The van der Waals surface area contributed by atoms with Crippen molar-refractivity contribution in [1.82, 2.24) is 5.32 Å². The van der Waals surface area contributed by atoms with E-state index in [2.05, 4.69) is 5.32 Å². The number of rotatable bonds is 10. The molecule has 0 fully saturated rings. The van der Waals surface area contributed by atoms with Crippen molar-refractivity contribution in [3.8, 4) is 0 Å². The van der Waals surface area contributed by atoms with Gasteiger partial charge in [-0.05, 0) is 30.0 Å². The fraction of sp³-hybridized carbons (Fsp3) is 0.333. The quantitative estimate of drug-likeness (QED) is 0.638. The Bertz CT molecular complexity index is 715. The standard InChI is InChI=1S/C21H25NO4/c1-16-8-5-6-11-18(16)19(14-21(24)25)22-20(23)12-7-13-26-15-17-9-3-2-4-10-17/h2-6,8-11,19H,7,12-15H2,1H3,(H,22,23)(H,24,25). The highest BCUT2D eigenvalue weighted by atomic mass is 16.5. The summed E-state index contributed by atoms with van der Waals surface area (Å²) in [7, 11) is 0. The van der Waals surface area contributed by atoms with Crippen molar-refractivity contribution in [2.75, 3.05) is 6.61 Å². The molecule has 0 aromatic heterocycles. The molecular weight excluding hydrogens is 330 g/mol. The Kier molecular flexibility index (Phi) is 7.83. The minimum atomic E-state index is -0.940. The predicted molar refractivity (Wildman–Crippen MR) is 99.6 cm³/mol. The summed E-state index contributed by atoms with van der Waals surface area (Å²) in [5.74, 6) is -1.10. The van der Waals surface area contributed by atoms with E-state index in [-0.39, 0.29) is 12.3 Å². The Balaban J connectivity index is 1.78. The summed E-state index contributed by atoms with van der Waals surface area (Å²) in [6.45, 7) is 2.91. The van der Waals surface area contributed by atoms with E-state index in [9.17, 15) is 9.59 Å². The normalized spacial score (nSPS) is 11.7. The maximum atomic E-state index is 12.2. The molecule has 2 aromatic rings. The Labute approximate surface area is 154 Å². The summed E-state index contributed by atoms with van der Waals surface area (Å²) in [5.41, 5.74) is 2.90. The van der Waals surface area contributed by atoms with Crippen LogP contribution in [-0.2, 0) is 20.9 Å². The highest BCUT2D eigenvalue weighted by Gasteiger charge is 2.19. The van der Waals surface area contributed by atoms with Gasteiger partial charge in [-0.15, -0.1) is 0 Å². The molecule has 0 saturated heterocycles. The van der Waals surface area contributed by atoms with Crippen LogP contribution in [0.3, 0.4) is 0 Å². The zero-order chi connectivity index (χ0) is 18.8. The van der Waals surface area contributed by atoms with E-state index in [0.717, 1.165) is 16.7 Å². The van der Waals surface area contributed by atoms with Gasteiger partial charge in [0.05, 0.1) is 19.1 Å². The van der Waals surface area contributed by atoms with Crippen LogP contribution in [0.5, 0.6) is 0 Å². The monoisotopic (exact) mass is 355 g/mol. The molecule has 1 unspecified atom stereocenters. The molecule has 1 amide bonds. The second-order valence-corrected chi connectivity index (χ2v) is 6.22. The maximum absolute atomic E-state index is 12.2. The third kappa shape index (κ3) is 6.69. The van der Waals surface area contributed by atoms with E-state index < -0.39 is 12.0 Å². The smallest absolute Gasteiger partial charge is 0.305 e. The van der Waals surface area contributed by atoms with Crippen molar-refractivity contribution in [3.63, 3.8) is 0 Å². The zero-order valence-electron chi connectivity index (χ0n) is 15.0. The number of carboxylic acids is 1. The van der Waals surface area contributed by atoms with Crippen LogP contribution in [0, 0.1) is 6.92 Å². The van der Waals surface area contributed by atoms with Gasteiger partial charge in [0.2, 0.25) is 5.91 Å². The van der Waals surface area contributed by atoms with Gasteiger partial charge >= 0.3 is 5.97 Å². The number of ether oxygens (including phenoxy) is 1. The fourth-order valence-electron chi connectivity index (χ4n) is 2.76. The summed E-state index contributed by atoms with van der Waals surface area (Å²) in [4.78, 5) is 23.3. The van der Waals surface area contributed by atoms with Crippen molar-refractivity contribution in [2.24, 2.45) is 0 Å². The Morgan fingerprint density at radius 1 is 1.08 bits per heavy atom. The van der Waals surface area contributed by atoms with Gasteiger partial charge in [-0.3, -0.25) is 9.59 Å². The van der Waals surface area contributed by atoms with E-state index in [0.29, 0.717) is 26.1 Å². The molecule has 0 saturated carbocycles. The topological polar surface area (TPSA) is 75.6 Å². The summed E-state index contributed by atoms with van der Waals surface area (Å²) < 4.78 is 5.57. The summed E-state index contributed by atoms with van der Waals surface area (Å²) in [6.07, 6.45) is 0.754. The predicted octanol–water partition coefficient (Wildman–Crippen LogP) is 3.62. The molecule has 2 aromatic carbocycles. The molecule has 0 radical (unpaired) electrons. The van der Waals surface area contributed by atoms with Gasteiger partial charge in [-0.25, -0.2) is 0 Å². The minimum Gasteiger partial charge on any atom is -0.481 e. The van der Waals surface area contributed by atoms with Gasteiger partial charge < -0.3 is 15.2 Å². The van der Waals surface area contributed by atoms with Gasteiger partial charge in [0, 0.05) is 13.0 Å². The Morgan fingerprint density at radius 3 is 2.46 bits per heavy atom. The van der Waals surface area contributed by atoms with E-state index >= 15 is 0 Å². The molecule has 5 heteroatoms. The number of hydrogen-bond donors (Lipinski definition) is 2. The van der Waals surface area contributed by atoms with Gasteiger partial charge in [-0.2, -0.15) is 0 Å². The first-order valence-corrected chi connectivity index (χ1v) is 8.74. The van der Waals surface area contributed by atoms with Gasteiger partial charge in [-0.1, -0.05) is 54.6 Å². The van der Waals surface area contributed by atoms with Crippen molar-refractivity contribution in [3.05, 3.63) is 71.3 Å². The molecule has 0 bridgehead atoms. The molecule has 138 valence electrons. The fourth-order valence-corrected chi connectivity index (χ4v) is 2.76. The third-order valence-corrected chi connectivity index (χ3v) is 4.08. The minimum absolute atomic E-state index is 0.138. The van der Waals surface area contributed by atoms with E-state index in [1.807, 2.05) is 61.5 Å². The number of aliphatic carboxylic acids is 1. The lowest BCUT2D eigenvalue weighted by Gasteiger charge is -2.19. The third-order valence-electron chi connectivity index (χ3n) is 4.08. The average molecular weight is 355 g/mol. The number of amides is 1. The number of aryl methyl sites for hydroxylation is 1. The molecule has 0 aliphatic rings. The maximum Gasteiger partial charge on any atom is 0.305 e. The van der Waals surface area contributed by atoms with Crippen LogP contribution in [-0.4, -0.2) is 23.6 Å². The van der Waals surface area contributed by atoms with Gasteiger partial charge in [0.15, 0.2) is 0 Å².